The highest BCUT2D eigenvalue weighted by molar-refractivity contribution is 4.55. The lowest BCUT2D eigenvalue weighted by molar-refractivity contribution is -0.997. The molecule has 0 saturated carbocycles. The van der Waals surface area contributed by atoms with E-state index in [2.05, 4.69) is 27.7 Å². The summed E-state index contributed by atoms with van der Waals surface area (Å²) < 4.78 is 0. The molecule has 4 nitrogen and oxygen atoms in total. The second-order valence-electron chi connectivity index (χ2n) is 5.07. The average Bonchev–Trinajstić information content (AvgIpc) is 2.36. The first-order valence-electron chi connectivity index (χ1n) is 7.54. The predicted octanol–water partition coefficient (Wildman–Crippen LogP) is 4.40. The van der Waals surface area contributed by atoms with Crippen LogP contribution in [0, 0.1) is 10.4 Å². The second kappa shape index (κ2) is 10.2. The van der Waals surface area contributed by atoms with Crippen LogP contribution in [0.1, 0.15) is 79.1 Å². The zero-order valence-electron chi connectivity index (χ0n) is 12.5. The summed E-state index contributed by atoms with van der Waals surface area (Å²) in [6.07, 6.45) is 7.02. The maximum atomic E-state index is 12.1. The van der Waals surface area contributed by atoms with Crippen LogP contribution >= 0.6 is 0 Å². The minimum absolute atomic E-state index is 0.145. The van der Waals surface area contributed by atoms with Crippen molar-refractivity contribution < 1.29 is 9.72 Å². The fourth-order valence-electron chi connectivity index (χ4n) is 2.39. The third-order valence-electron chi connectivity index (χ3n) is 3.31. The van der Waals surface area contributed by atoms with Gasteiger partial charge in [0.15, 0.2) is 0 Å². The predicted molar refractivity (Wildman–Crippen MR) is 74.5 cm³/mol. The Morgan fingerprint density at radius 2 is 0.833 bits per heavy atom. The molecule has 0 aliphatic rings. The Hall–Kier alpha value is -0.800. The lowest BCUT2D eigenvalue weighted by Crippen LogP contribution is -2.34. The van der Waals surface area contributed by atoms with Gasteiger partial charge in [0.05, 0.1) is 0 Å². The van der Waals surface area contributed by atoms with Gasteiger partial charge in [-0.15, -0.1) is 0 Å². The Bertz CT molecular complexity index is 206. The molecule has 0 unspecified atom stereocenters. The summed E-state index contributed by atoms with van der Waals surface area (Å²) in [4.78, 5) is 1.42. The van der Waals surface area contributed by atoms with Crippen LogP contribution in [0.4, 0.5) is 0 Å². The van der Waals surface area contributed by atoms with Gasteiger partial charge in [0, 0.05) is 35.4 Å². The van der Waals surface area contributed by atoms with E-state index in [4.69, 9.17) is 0 Å². The largest absolute Gasteiger partial charge is 0.567 e. The van der Waals surface area contributed by atoms with E-state index in [1.165, 1.54) is 0 Å². The van der Waals surface area contributed by atoms with E-state index in [1.54, 1.807) is 0 Å². The van der Waals surface area contributed by atoms with Crippen molar-refractivity contribution in [3.63, 3.8) is 0 Å². The van der Waals surface area contributed by atoms with E-state index in [-0.39, 0.29) is 12.1 Å². The molecule has 0 rings (SSSR count). The molecule has 18 heavy (non-hydrogen) atoms. The number of rotatable bonds is 10. The first-order chi connectivity index (χ1) is 8.62. The van der Waals surface area contributed by atoms with Gasteiger partial charge in [0.1, 0.15) is 0 Å². The molecule has 0 radical (unpaired) electrons. The highest BCUT2D eigenvalue weighted by atomic mass is 16.6. The third-order valence-corrected chi connectivity index (χ3v) is 3.31. The molecule has 0 bridgehead atoms. The van der Waals surface area contributed by atoms with E-state index in [0.717, 1.165) is 51.4 Å². The lowest BCUT2D eigenvalue weighted by atomic mass is 10.1. The molecule has 0 spiro atoms. The third kappa shape index (κ3) is 5.69. The van der Waals surface area contributed by atoms with E-state index >= 15 is 0 Å². The van der Waals surface area contributed by atoms with E-state index < -0.39 is 0 Å². The minimum atomic E-state index is -0.145. The average molecular weight is 258 g/mol. The van der Waals surface area contributed by atoms with E-state index in [0.29, 0.717) is 9.72 Å². The second-order valence-corrected chi connectivity index (χ2v) is 5.07. The molecular formula is C14H30N2O2. The molecule has 0 atom stereocenters. The summed E-state index contributed by atoms with van der Waals surface area (Å²) in [5, 5.41) is 24.3. The van der Waals surface area contributed by atoms with Gasteiger partial charge in [-0.25, -0.2) is 0 Å². The van der Waals surface area contributed by atoms with Gasteiger partial charge in [-0.05, 0) is 25.7 Å². The summed E-state index contributed by atoms with van der Waals surface area (Å²) >= 11 is 0. The van der Waals surface area contributed by atoms with Gasteiger partial charge in [0.2, 0.25) is 12.1 Å². The maximum absolute atomic E-state index is 12.1. The first-order valence-corrected chi connectivity index (χ1v) is 7.54. The van der Waals surface area contributed by atoms with Crippen molar-refractivity contribution in [2.45, 2.75) is 91.1 Å². The standard InChI is InChI=1S/C14H30N2O2/c1-5-9-13(10-6-2)15(17)16(18)14(11-7-3)12-8-4/h13-14H,5-12H2,1-4H3/b16-15+. The quantitative estimate of drug-likeness (QED) is 0.331. The number of hydroxylamine groups is 2. The van der Waals surface area contributed by atoms with Crippen molar-refractivity contribution in [2.24, 2.45) is 0 Å². The highest BCUT2D eigenvalue weighted by Gasteiger charge is 2.27. The smallest absolute Gasteiger partial charge is 0.229 e. The number of nitrogens with zero attached hydrogens (tertiary/aromatic N) is 2. The fraction of sp³-hybridized carbons (Fsp3) is 1.00. The Balaban J connectivity index is 4.87. The van der Waals surface area contributed by atoms with Crippen LogP contribution in [0.15, 0.2) is 0 Å². The molecule has 0 aromatic rings. The van der Waals surface area contributed by atoms with E-state index in [9.17, 15) is 10.4 Å². The SMILES string of the molecule is CCCC(CCC)/[N+]([O-])=[N+](\[O-])C(CCC)CCC. The summed E-state index contributed by atoms with van der Waals surface area (Å²) in [6.45, 7) is 8.23. The zero-order valence-corrected chi connectivity index (χ0v) is 12.5. The number of azo groups is 1. The van der Waals surface area contributed by atoms with Crippen molar-refractivity contribution >= 4 is 0 Å². The van der Waals surface area contributed by atoms with Crippen LogP contribution in [0.3, 0.4) is 0 Å². The molecule has 0 fully saturated rings. The highest BCUT2D eigenvalue weighted by Crippen LogP contribution is 2.13. The lowest BCUT2D eigenvalue weighted by Gasteiger charge is -2.17. The van der Waals surface area contributed by atoms with Gasteiger partial charge in [-0.2, -0.15) is 0 Å². The molecule has 0 aliphatic heterocycles. The van der Waals surface area contributed by atoms with Crippen LogP contribution in [0.25, 0.3) is 0 Å². The molecule has 0 aromatic carbocycles. The minimum Gasteiger partial charge on any atom is -0.567 e. The van der Waals surface area contributed by atoms with Crippen molar-refractivity contribution in [3.8, 4) is 0 Å². The Kier molecular flexibility index (Phi) is 9.70. The summed E-state index contributed by atoms with van der Waals surface area (Å²) in [7, 11) is 0. The molecule has 4 heteroatoms. The van der Waals surface area contributed by atoms with Gasteiger partial charge >= 0.3 is 0 Å². The maximum Gasteiger partial charge on any atom is 0.229 e. The summed E-state index contributed by atoms with van der Waals surface area (Å²) in [5.41, 5.74) is 0. The fourth-order valence-corrected chi connectivity index (χ4v) is 2.39. The Morgan fingerprint density at radius 1 is 0.611 bits per heavy atom. The molecule has 0 saturated heterocycles. The summed E-state index contributed by atoms with van der Waals surface area (Å²) in [5.74, 6) is 0. The van der Waals surface area contributed by atoms with Gasteiger partial charge in [-0.3, -0.25) is 0 Å². The Morgan fingerprint density at radius 3 is 1.00 bits per heavy atom. The van der Waals surface area contributed by atoms with Crippen LogP contribution < -0.4 is 0 Å². The zero-order chi connectivity index (χ0) is 14.0. The van der Waals surface area contributed by atoms with Crippen LogP contribution in [0.5, 0.6) is 0 Å². The molecule has 0 aromatic heterocycles. The monoisotopic (exact) mass is 258 g/mol. The van der Waals surface area contributed by atoms with Crippen LogP contribution in [0.2, 0.25) is 0 Å². The van der Waals surface area contributed by atoms with Crippen molar-refractivity contribution in [1.82, 2.24) is 0 Å². The first kappa shape index (κ1) is 17.2. The molecule has 0 heterocycles. The molecule has 0 aliphatic carbocycles. The van der Waals surface area contributed by atoms with Crippen LogP contribution in [-0.2, 0) is 0 Å². The van der Waals surface area contributed by atoms with E-state index in [1.807, 2.05) is 0 Å². The van der Waals surface area contributed by atoms with Crippen molar-refractivity contribution in [2.75, 3.05) is 0 Å². The normalized spacial score (nSPS) is 13.2. The topological polar surface area (TPSA) is 52.1 Å². The molecule has 108 valence electrons. The molecule has 0 amide bonds. The van der Waals surface area contributed by atoms with Crippen molar-refractivity contribution in [1.29, 1.82) is 0 Å². The number of hydrogen-bond donors (Lipinski definition) is 0. The number of hydrogen-bond acceptors (Lipinski definition) is 2. The van der Waals surface area contributed by atoms with Crippen molar-refractivity contribution in [3.05, 3.63) is 10.4 Å². The van der Waals surface area contributed by atoms with Gasteiger partial charge in [0.25, 0.3) is 0 Å². The molecule has 0 N–H and O–H groups in total. The molecular weight excluding hydrogens is 228 g/mol. The van der Waals surface area contributed by atoms with Gasteiger partial charge in [-0.1, -0.05) is 27.7 Å². The summed E-state index contributed by atoms with van der Waals surface area (Å²) in [6, 6.07) is -0.289. The van der Waals surface area contributed by atoms with Gasteiger partial charge < -0.3 is 10.4 Å². The Labute approximate surface area is 112 Å². The van der Waals surface area contributed by atoms with Crippen LogP contribution in [-0.4, -0.2) is 21.8 Å².